The van der Waals surface area contributed by atoms with E-state index in [-0.39, 0.29) is 12.5 Å². The summed E-state index contributed by atoms with van der Waals surface area (Å²) < 4.78 is 10.9. The van der Waals surface area contributed by atoms with Crippen molar-refractivity contribution in [3.63, 3.8) is 0 Å². The first-order valence-electron chi connectivity index (χ1n) is 6.70. The van der Waals surface area contributed by atoms with Crippen LogP contribution in [0.15, 0.2) is 18.2 Å². The maximum absolute atomic E-state index is 9.41. The van der Waals surface area contributed by atoms with E-state index in [1.165, 1.54) is 16.7 Å². The van der Waals surface area contributed by atoms with E-state index in [2.05, 4.69) is 19.1 Å². The number of benzene rings is 1. The number of aliphatic hydroxyl groups is 1. The van der Waals surface area contributed by atoms with Crippen molar-refractivity contribution in [1.29, 1.82) is 0 Å². The number of methoxy groups -OCH3 is 2. The molecule has 1 aliphatic rings. The van der Waals surface area contributed by atoms with Crippen molar-refractivity contribution in [3.05, 3.63) is 29.3 Å². The largest absolute Gasteiger partial charge is 0.493 e. The Bertz CT molecular complexity index is 491. The van der Waals surface area contributed by atoms with E-state index >= 15 is 0 Å². The van der Waals surface area contributed by atoms with Crippen LogP contribution in [0.25, 0.3) is 5.57 Å². The molecule has 0 aliphatic heterocycles. The quantitative estimate of drug-likeness (QED) is 0.905. The van der Waals surface area contributed by atoms with Gasteiger partial charge in [0.25, 0.3) is 0 Å². The van der Waals surface area contributed by atoms with E-state index in [4.69, 9.17) is 9.47 Å². The Morgan fingerprint density at radius 3 is 2.63 bits per heavy atom. The van der Waals surface area contributed by atoms with Crippen LogP contribution in [-0.4, -0.2) is 25.9 Å². The van der Waals surface area contributed by atoms with Crippen LogP contribution in [0.4, 0.5) is 0 Å². The second-order valence-electron chi connectivity index (χ2n) is 5.14. The fraction of sp³-hybridized carbons (Fsp3) is 0.500. The molecule has 1 aromatic carbocycles. The summed E-state index contributed by atoms with van der Waals surface area (Å²) in [7, 11) is 3.34. The molecule has 0 unspecified atom stereocenters. The van der Waals surface area contributed by atoms with Gasteiger partial charge in [-0.05, 0) is 29.5 Å². The van der Waals surface area contributed by atoms with Crippen molar-refractivity contribution in [2.24, 2.45) is 5.92 Å². The van der Waals surface area contributed by atoms with Gasteiger partial charge in [0.1, 0.15) is 0 Å². The summed E-state index contributed by atoms with van der Waals surface area (Å²) in [6, 6.07) is 4.01. The van der Waals surface area contributed by atoms with Gasteiger partial charge in [-0.25, -0.2) is 0 Å². The van der Waals surface area contributed by atoms with Crippen molar-refractivity contribution in [2.75, 3.05) is 20.8 Å². The average molecular weight is 262 g/mol. The number of fused-ring (bicyclic) bond motifs is 1. The van der Waals surface area contributed by atoms with Gasteiger partial charge in [0, 0.05) is 18.1 Å². The first-order chi connectivity index (χ1) is 9.13. The van der Waals surface area contributed by atoms with Gasteiger partial charge >= 0.3 is 0 Å². The Balaban J connectivity index is 2.60. The van der Waals surface area contributed by atoms with Crippen LogP contribution < -0.4 is 9.47 Å². The Hall–Kier alpha value is -1.48. The van der Waals surface area contributed by atoms with Crippen LogP contribution in [0.2, 0.25) is 0 Å². The van der Waals surface area contributed by atoms with Gasteiger partial charge in [-0.1, -0.05) is 26.0 Å². The highest BCUT2D eigenvalue weighted by Crippen LogP contribution is 2.46. The number of ether oxygens (including phenoxy) is 2. The molecule has 104 valence electrons. The summed E-state index contributed by atoms with van der Waals surface area (Å²) >= 11 is 0. The van der Waals surface area contributed by atoms with Gasteiger partial charge in [-0.2, -0.15) is 0 Å². The van der Waals surface area contributed by atoms with Crippen molar-refractivity contribution in [3.8, 4) is 11.5 Å². The van der Waals surface area contributed by atoms with E-state index in [9.17, 15) is 5.11 Å². The normalized spacial score (nSPS) is 19.4. The van der Waals surface area contributed by atoms with Crippen LogP contribution in [0.5, 0.6) is 11.5 Å². The Kier molecular flexibility index (Phi) is 4.15. The van der Waals surface area contributed by atoms with Crippen molar-refractivity contribution < 1.29 is 14.6 Å². The van der Waals surface area contributed by atoms with Crippen molar-refractivity contribution in [1.82, 2.24) is 0 Å². The lowest BCUT2D eigenvalue weighted by atomic mass is 9.79. The average Bonchev–Trinajstić information content (AvgIpc) is 2.45. The highest BCUT2D eigenvalue weighted by molar-refractivity contribution is 5.76. The maximum atomic E-state index is 9.41. The van der Waals surface area contributed by atoms with Gasteiger partial charge < -0.3 is 14.6 Å². The standard InChI is InChI=1S/C16H22O3/c1-10-5-6-12(11(2)9-17)13-7-8-14(18-3)16(19-4)15(10)13/h6-8,10-11,17H,5,9H2,1-4H3/t10-,11-/m0/s1. The third-order valence-electron chi connectivity index (χ3n) is 3.88. The Morgan fingerprint density at radius 2 is 2.05 bits per heavy atom. The zero-order chi connectivity index (χ0) is 14.0. The lowest BCUT2D eigenvalue weighted by Crippen LogP contribution is -2.13. The lowest BCUT2D eigenvalue weighted by molar-refractivity contribution is 0.265. The predicted molar refractivity (Wildman–Crippen MR) is 76.8 cm³/mol. The molecule has 1 aromatic rings. The Morgan fingerprint density at radius 1 is 1.32 bits per heavy atom. The summed E-state index contributed by atoms with van der Waals surface area (Å²) in [5.41, 5.74) is 3.58. The van der Waals surface area contributed by atoms with E-state index in [1.54, 1.807) is 14.2 Å². The number of allylic oxidation sites excluding steroid dienone is 1. The van der Waals surface area contributed by atoms with Gasteiger partial charge in [0.2, 0.25) is 0 Å². The molecule has 1 aliphatic carbocycles. The molecule has 19 heavy (non-hydrogen) atoms. The summed E-state index contributed by atoms with van der Waals surface area (Å²) in [6.45, 7) is 4.40. The highest BCUT2D eigenvalue weighted by atomic mass is 16.5. The molecular weight excluding hydrogens is 240 g/mol. The summed E-state index contributed by atoms with van der Waals surface area (Å²) in [5.74, 6) is 2.13. The highest BCUT2D eigenvalue weighted by Gasteiger charge is 2.26. The summed E-state index contributed by atoms with van der Waals surface area (Å²) in [6.07, 6.45) is 3.20. The van der Waals surface area contributed by atoms with Crippen LogP contribution in [0, 0.1) is 5.92 Å². The minimum absolute atomic E-state index is 0.143. The molecular formula is C16H22O3. The molecule has 0 saturated carbocycles. The Labute approximate surface area is 114 Å². The minimum atomic E-state index is 0.143. The molecule has 0 bridgehead atoms. The molecule has 2 atom stereocenters. The predicted octanol–water partition coefficient (Wildman–Crippen LogP) is 3.22. The zero-order valence-corrected chi connectivity index (χ0v) is 12.1. The van der Waals surface area contributed by atoms with Crippen LogP contribution in [0.1, 0.15) is 37.3 Å². The number of hydrogen-bond acceptors (Lipinski definition) is 3. The molecule has 3 heteroatoms. The maximum Gasteiger partial charge on any atom is 0.164 e. The lowest BCUT2D eigenvalue weighted by Gasteiger charge is -2.28. The first-order valence-corrected chi connectivity index (χ1v) is 6.70. The monoisotopic (exact) mass is 262 g/mol. The molecule has 0 aromatic heterocycles. The van der Waals surface area contributed by atoms with Gasteiger partial charge in [0.15, 0.2) is 11.5 Å². The fourth-order valence-corrected chi connectivity index (χ4v) is 2.79. The van der Waals surface area contributed by atoms with E-state index in [0.29, 0.717) is 5.92 Å². The number of hydrogen-bond donors (Lipinski definition) is 1. The first kappa shape index (κ1) is 13.9. The van der Waals surface area contributed by atoms with Gasteiger partial charge in [0.05, 0.1) is 14.2 Å². The molecule has 0 fully saturated rings. The second-order valence-corrected chi connectivity index (χ2v) is 5.14. The molecule has 0 radical (unpaired) electrons. The molecule has 0 spiro atoms. The van der Waals surface area contributed by atoms with Crippen LogP contribution in [0.3, 0.4) is 0 Å². The zero-order valence-electron chi connectivity index (χ0n) is 12.1. The fourth-order valence-electron chi connectivity index (χ4n) is 2.79. The van der Waals surface area contributed by atoms with Crippen LogP contribution >= 0.6 is 0 Å². The third kappa shape index (κ3) is 2.35. The minimum Gasteiger partial charge on any atom is -0.493 e. The molecule has 2 rings (SSSR count). The number of aliphatic hydroxyl groups excluding tert-OH is 1. The molecule has 3 nitrogen and oxygen atoms in total. The summed E-state index contributed by atoms with van der Waals surface area (Å²) in [5, 5.41) is 9.41. The molecule has 0 amide bonds. The second kappa shape index (κ2) is 5.66. The van der Waals surface area contributed by atoms with Gasteiger partial charge in [-0.15, -0.1) is 0 Å². The van der Waals surface area contributed by atoms with Crippen LogP contribution in [-0.2, 0) is 0 Å². The van der Waals surface area contributed by atoms with Crippen molar-refractivity contribution >= 4 is 5.57 Å². The van der Waals surface area contributed by atoms with E-state index < -0.39 is 0 Å². The van der Waals surface area contributed by atoms with Gasteiger partial charge in [-0.3, -0.25) is 0 Å². The van der Waals surface area contributed by atoms with Crippen molar-refractivity contribution in [2.45, 2.75) is 26.2 Å². The van der Waals surface area contributed by atoms with E-state index in [1.807, 2.05) is 13.0 Å². The molecule has 0 heterocycles. The third-order valence-corrected chi connectivity index (χ3v) is 3.88. The topological polar surface area (TPSA) is 38.7 Å². The molecule has 0 saturated heterocycles. The smallest absolute Gasteiger partial charge is 0.164 e. The van der Waals surface area contributed by atoms with E-state index in [0.717, 1.165) is 17.9 Å². The molecule has 1 N–H and O–H groups in total. The SMILES string of the molecule is COc1ccc2c(c1OC)[C@@H](C)CC=C2[C@@H](C)CO. The summed E-state index contributed by atoms with van der Waals surface area (Å²) in [4.78, 5) is 0. The number of rotatable bonds is 4.